The quantitative estimate of drug-likeness (QED) is 0.811. The van der Waals surface area contributed by atoms with Crippen LogP contribution in [-0.2, 0) is 11.2 Å². The van der Waals surface area contributed by atoms with Crippen molar-refractivity contribution < 1.29 is 14.6 Å². The van der Waals surface area contributed by atoms with E-state index in [-0.39, 0.29) is 12.3 Å². The molecule has 4 nitrogen and oxygen atoms in total. The highest BCUT2D eigenvalue weighted by Crippen LogP contribution is 2.36. The molecule has 4 heteroatoms. The van der Waals surface area contributed by atoms with Crippen molar-refractivity contribution in [2.24, 2.45) is 0 Å². The third kappa shape index (κ3) is 4.64. The number of nitrogens with zero attached hydrogens (tertiary/aromatic N) is 1. The Kier molecular flexibility index (Phi) is 5.94. The number of carboxylic acids is 1. The molecular weight excluding hydrogens is 326 g/mol. The van der Waals surface area contributed by atoms with Crippen molar-refractivity contribution in [3.63, 3.8) is 0 Å². The van der Waals surface area contributed by atoms with Gasteiger partial charge in [-0.3, -0.25) is 4.79 Å². The van der Waals surface area contributed by atoms with E-state index in [9.17, 15) is 9.90 Å². The summed E-state index contributed by atoms with van der Waals surface area (Å²) >= 11 is 0. The Labute approximate surface area is 155 Å². The molecule has 0 aromatic heterocycles. The van der Waals surface area contributed by atoms with E-state index >= 15 is 0 Å². The summed E-state index contributed by atoms with van der Waals surface area (Å²) in [7, 11) is 4.06. The Morgan fingerprint density at radius 2 is 1.88 bits per heavy atom. The first-order valence-electron chi connectivity index (χ1n) is 9.25. The van der Waals surface area contributed by atoms with Crippen LogP contribution in [0, 0.1) is 0 Å². The van der Waals surface area contributed by atoms with E-state index in [4.69, 9.17) is 4.74 Å². The first-order valence-corrected chi connectivity index (χ1v) is 9.25. The molecule has 0 spiro atoms. The number of rotatable bonds is 7. The molecule has 0 heterocycles. The summed E-state index contributed by atoms with van der Waals surface area (Å²) in [6.07, 6.45) is 3.30. The van der Waals surface area contributed by atoms with Gasteiger partial charge in [0, 0.05) is 6.54 Å². The zero-order chi connectivity index (χ0) is 18.5. The average molecular weight is 353 g/mol. The van der Waals surface area contributed by atoms with Crippen LogP contribution in [0.5, 0.6) is 5.75 Å². The summed E-state index contributed by atoms with van der Waals surface area (Å²) in [5.41, 5.74) is 4.78. The fourth-order valence-electron chi connectivity index (χ4n) is 3.59. The topological polar surface area (TPSA) is 49.8 Å². The van der Waals surface area contributed by atoms with Crippen LogP contribution in [0.4, 0.5) is 0 Å². The highest BCUT2D eigenvalue weighted by Gasteiger charge is 2.23. The number of carbonyl (C=O) groups is 1. The summed E-state index contributed by atoms with van der Waals surface area (Å²) in [5.74, 6) is 0.287. The molecule has 0 bridgehead atoms. The zero-order valence-corrected chi connectivity index (χ0v) is 15.6. The third-order valence-electron chi connectivity index (χ3n) is 5.00. The van der Waals surface area contributed by atoms with Gasteiger partial charge < -0.3 is 14.7 Å². The summed E-state index contributed by atoms with van der Waals surface area (Å²) < 4.78 is 5.75. The van der Waals surface area contributed by atoms with Crippen molar-refractivity contribution in [3.05, 3.63) is 53.6 Å². The van der Waals surface area contributed by atoms with E-state index in [0.29, 0.717) is 6.61 Å². The van der Waals surface area contributed by atoms with Gasteiger partial charge in [-0.05, 0) is 73.7 Å². The van der Waals surface area contributed by atoms with Gasteiger partial charge in [-0.2, -0.15) is 0 Å². The lowest BCUT2D eigenvalue weighted by molar-refractivity contribution is -0.137. The molecule has 3 rings (SSSR count). The second-order valence-corrected chi connectivity index (χ2v) is 7.28. The van der Waals surface area contributed by atoms with E-state index in [0.717, 1.165) is 42.7 Å². The van der Waals surface area contributed by atoms with Crippen LogP contribution in [0.25, 0.3) is 11.1 Å². The van der Waals surface area contributed by atoms with Crippen molar-refractivity contribution >= 4 is 5.97 Å². The molecule has 1 aliphatic rings. The van der Waals surface area contributed by atoms with Gasteiger partial charge in [0.2, 0.25) is 0 Å². The van der Waals surface area contributed by atoms with Crippen molar-refractivity contribution in [2.75, 3.05) is 27.2 Å². The lowest BCUT2D eigenvalue weighted by Crippen LogP contribution is -2.19. The van der Waals surface area contributed by atoms with Crippen LogP contribution in [0.1, 0.15) is 36.3 Å². The van der Waals surface area contributed by atoms with Gasteiger partial charge in [0.1, 0.15) is 12.4 Å². The van der Waals surface area contributed by atoms with Gasteiger partial charge in [-0.25, -0.2) is 0 Å². The van der Waals surface area contributed by atoms with Crippen LogP contribution in [0.15, 0.2) is 42.5 Å². The fourth-order valence-corrected chi connectivity index (χ4v) is 3.59. The van der Waals surface area contributed by atoms with Crippen molar-refractivity contribution in [3.8, 4) is 16.9 Å². The Hall–Kier alpha value is -2.33. The summed E-state index contributed by atoms with van der Waals surface area (Å²) in [4.78, 5) is 13.3. The molecule has 1 aliphatic carbocycles. The highest BCUT2D eigenvalue weighted by atomic mass is 16.5. The molecule has 0 amide bonds. The van der Waals surface area contributed by atoms with Crippen LogP contribution in [-0.4, -0.2) is 43.2 Å². The number of aliphatic carboxylic acids is 1. The minimum absolute atomic E-state index is 0.129. The van der Waals surface area contributed by atoms with Crippen LogP contribution >= 0.6 is 0 Å². The highest BCUT2D eigenvalue weighted by molar-refractivity contribution is 5.70. The monoisotopic (exact) mass is 353 g/mol. The molecular formula is C22H27NO3. The van der Waals surface area contributed by atoms with E-state index in [1.807, 2.05) is 26.2 Å². The molecule has 2 aromatic carbocycles. The maximum absolute atomic E-state index is 11.2. The second kappa shape index (κ2) is 8.37. The maximum Gasteiger partial charge on any atom is 0.303 e. The third-order valence-corrected chi connectivity index (χ3v) is 5.00. The van der Waals surface area contributed by atoms with E-state index < -0.39 is 5.97 Å². The molecule has 26 heavy (non-hydrogen) atoms. The Morgan fingerprint density at radius 3 is 2.58 bits per heavy atom. The Bertz CT molecular complexity index is 752. The predicted molar refractivity (Wildman–Crippen MR) is 104 cm³/mol. The molecule has 138 valence electrons. The first kappa shape index (κ1) is 18.5. The van der Waals surface area contributed by atoms with Crippen molar-refractivity contribution in [2.45, 2.75) is 31.6 Å². The zero-order valence-electron chi connectivity index (χ0n) is 15.6. The van der Waals surface area contributed by atoms with Gasteiger partial charge in [0.15, 0.2) is 0 Å². The molecule has 0 saturated heterocycles. The summed E-state index contributed by atoms with van der Waals surface area (Å²) in [5, 5.41) is 9.20. The van der Waals surface area contributed by atoms with Crippen LogP contribution in [0.2, 0.25) is 0 Å². The van der Waals surface area contributed by atoms with E-state index in [2.05, 4.69) is 35.2 Å². The van der Waals surface area contributed by atoms with Crippen LogP contribution < -0.4 is 4.74 Å². The molecule has 2 aromatic rings. The number of fused-ring (bicyclic) bond motifs is 1. The molecule has 0 fully saturated rings. The number of benzene rings is 2. The predicted octanol–water partition coefficient (Wildman–Crippen LogP) is 4.19. The first-order chi connectivity index (χ1) is 12.5. The number of aryl methyl sites for hydroxylation is 1. The van der Waals surface area contributed by atoms with Gasteiger partial charge in [-0.15, -0.1) is 0 Å². The van der Waals surface area contributed by atoms with Crippen molar-refractivity contribution in [1.29, 1.82) is 0 Å². The summed E-state index contributed by atoms with van der Waals surface area (Å²) in [6.45, 7) is 1.56. The molecule has 1 unspecified atom stereocenters. The lowest BCUT2D eigenvalue weighted by atomic mass is 9.80. The van der Waals surface area contributed by atoms with Gasteiger partial charge in [0.05, 0.1) is 6.42 Å². The van der Waals surface area contributed by atoms with E-state index in [1.54, 1.807) is 0 Å². The Morgan fingerprint density at radius 1 is 1.15 bits per heavy atom. The number of ether oxygens (including phenoxy) is 1. The second-order valence-electron chi connectivity index (χ2n) is 7.28. The number of carboxylic acid groups (broad SMARTS) is 1. The average Bonchev–Trinajstić information content (AvgIpc) is 2.61. The van der Waals surface area contributed by atoms with E-state index in [1.165, 1.54) is 11.1 Å². The molecule has 0 radical (unpaired) electrons. The van der Waals surface area contributed by atoms with Crippen LogP contribution in [0.3, 0.4) is 0 Å². The molecule has 1 N–H and O–H groups in total. The molecule has 1 atom stereocenters. The largest absolute Gasteiger partial charge is 0.492 e. The summed E-state index contributed by atoms with van der Waals surface area (Å²) in [6, 6.07) is 14.6. The Balaban J connectivity index is 1.76. The lowest BCUT2D eigenvalue weighted by Gasteiger charge is -2.25. The van der Waals surface area contributed by atoms with Gasteiger partial charge >= 0.3 is 5.97 Å². The maximum atomic E-state index is 11.2. The minimum Gasteiger partial charge on any atom is -0.492 e. The fraction of sp³-hybridized carbons (Fsp3) is 0.409. The normalized spacial score (nSPS) is 16.3. The number of hydrogen-bond acceptors (Lipinski definition) is 3. The van der Waals surface area contributed by atoms with Gasteiger partial charge in [0.25, 0.3) is 0 Å². The van der Waals surface area contributed by atoms with Crippen molar-refractivity contribution in [1.82, 2.24) is 4.90 Å². The minimum atomic E-state index is -0.715. The molecule has 0 aliphatic heterocycles. The number of hydrogen-bond donors (Lipinski definition) is 1. The standard InChI is InChI=1S/C22H27NO3/c1-23(2)12-13-26-20-10-8-16(9-11-20)18-7-6-17-4-3-5-19(15-22(24)25)21(17)14-18/h6-11,14,19H,3-5,12-13,15H2,1-2H3,(H,24,25). The SMILES string of the molecule is CN(C)CCOc1ccc(-c2ccc3c(c2)C(CC(=O)O)CCC3)cc1. The smallest absolute Gasteiger partial charge is 0.303 e. The molecule has 0 saturated carbocycles. The van der Waals surface area contributed by atoms with Gasteiger partial charge in [-0.1, -0.05) is 30.3 Å². The number of likely N-dealkylation sites (N-methyl/N-ethyl adjacent to an activating group) is 1.